The van der Waals surface area contributed by atoms with Crippen LogP contribution in [0.1, 0.15) is 32.1 Å². The van der Waals surface area contributed by atoms with Crippen molar-refractivity contribution < 1.29 is 9.47 Å². The monoisotopic (exact) mass is 315 g/mol. The number of thioether (sulfide) groups is 1. The van der Waals surface area contributed by atoms with Gasteiger partial charge in [0.2, 0.25) is 5.13 Å². The number of hydrogen-bond donors (Lipinski definition) is 1. The largest absolute Gasteiger partial charge is 0.377 e. The Bertz CT molecular complexity index is 404. The third-order valence-electron chi connectivity index (χ3n) is 3.58. The molecule has 0 unspecified atom stereocenters. The number of hydrogen-bond acceptors (Lipinski definition) is 7. The third-order valence-corrected chi connectivity index (χ3v) is 5.72. The van der Waals surface area contributed by atoms with Crippen LogP contribution in [-0.4, -0.2) is 47.9 Å². The molecule has 0 spiro atoms. The predicted molar refractivity (Wildman–Crippen MR) is 81.7 cm³/mol. The maximum Gasteiger partial charge on any atom is 0.206 e. The smallest absolute Gasteiger partial charge is 0.206 e. The molecular formula is C13H21N3O2S2. The molecule has 1 N–H and O–H groups in total. The Morgan fingerprint density at radius 2 is 1.95 bits per heavy atom. The summed E-state index contributed by atoms with van der Waals surface area (Å²) in [6.45, 7) is 2.64. The zero-order chi connectivity index (χ0) is 13.6. The van der Waals surface area contributed by atoms with E-state index in [1.807, 2.05) is 0 Å². The Morgan fingerprint density at radius 1 is 1.10 bits per heavy atom. The number of ether oxygens (including phenoxy) is 2. The number of anilines is 1. The molecule has 0 bridgehead atoms. The van der Waals surface area contributed by atoms with Crippen molar-refractivity contribution >= 4 is 28.2 Å². The van der Waals surface area contributed by atoms with Crippen LogP contribution < -0.4 is 5.32 Å². The van der Waals surface area contributed by atoms with Gasteiger partial charge in [0.1, 0.15) is 0 Å². The first-order valence-electron chi connectivity index (χ1n) is 7.33. The summed E-state index contributed by atoms with van der Waals surface area (Å²) in [5, 5.41) is 12.6. The van der Waals surface area contributed by atoms with Gasteiger partial charge in [-0.2, -0.15) is 0 Å². The van der Waals surface area contributed by atoms with E-state index in [0.29, 0.717) is 12.2 Å². The molecule has 0 radical (unpaired) electrons. The molecule has 0 aliphatic carbocycles. The molecule has 3 heterocycles. The van der Waals surface area contributed by atoms with Gasteiger partial charge >= 0.3 is 0 Å². The van der Waals surface area contributed by atoms with Gasteiger partial charge in [-0.3, -0.25) is 0 Å². The quantitative estimate of drug-likeness (QED) is 0.815. The van der Waals surface area contributed by atoms with Crippen LogP contribution in [0.4, 0.5) is 5.13 Å². The SMILES string of the molecule is C1CC[C@@H](CSc2nnc(NC[C@@H]3CCCO3)s2)OC1. The predicted octanol–water partition coefficient (Wildman–Crippen LogP) is 2.79. The van der Waals surface area contributed by atoms with Gasteiger partial charge in [-0.25, -0.2) is 0 Å². The van der Waals surface area contributed by atoms with Crippen LogP contribution in [-0.2, 0) is 9.47 Å². The Kier molecular flexibility index (Phi) is 5.52. The zero-order valence-corrected chi connectivity index (χ0v) is 13.2. The van der Waals surface area contributed by atoms with Crippen molar-refractivity contribution in [2.24, 2.45) is 0 Å². The van der Waals surface area contributed by atoms with Crippen molar-refractivity contribution in [3.63, 3.8) is 0 Å². The fourth-order valence-electron chi connectivity index (χ4n) is 2.45. The molecule has 2 aliphatic rings. The Balaban J connectivity index is 1.39. The fraction of sp³-hybridized carbons (Fsp3) is 0.846. The second-order valence-corrected chi connectivity index (χ2v) is 7.43. The minimum atomic E-state index is 0.339. The highest BCUT2D eigenvalue weighted by Gasteiger charge is 2.17. The molecule has 3 rings (SSSR count). The first kappa shape index (κ1) is 14.6. The Labute approximate surface area is 127 Å². The molecule has 112 valence electrons. The molecule has 7 heteroatoms. The molecule has 0 aromatic carbocycles. The summed E-state index contributed by atoms with van der Waals surface area (Å²) in [6.07, 6.45) is 6.71. The molecule has 2 atom stereocenters. The fourth-order valence-corrected chi connectivity index (χ4v) is 4.30. The summed E-state index contributed by atoms with van der Waals surface area (Å²) in [4.78, 5) is 0. The lowest BCUT2D eigenvalue weighted by Gasteiger charge is -2.21. The van der Waals surface area contributed by atoms with E-state index in [-0.39, 0.29) is 0 Å². The summed E-state index contributed by atoms with van der Waals surface area (Å²) in [7, 11) is 0. The molecule has 5 nitrogen and oxygen atoms in total. The topological polar surface area (TPSA) is 56.3 Å². The van der Waals surface area contributed by atoms with Gasteiger partial charge in [-0.05, 0) is 32.1 Å². The molecular weight excluding hydrogens is 294 g/mol. The van der Waals surface area contributed by atoms with Crippen molar-refractivity contribution in [2.75, 3.05) is 30.8 Å². The van der Waals surface area contributed by atoms with Gasteiger partial charge in [0.25, 0.3) is 0 Å². The highest BCUT2D eigenvalue weighted by Crippen LogP contribution is 2.28. The van der Waals surface area contributed by atoms with E-state index < -0.39 is 0 Å². The van der Waals surface area contributed by atoms with Gasteiger partial charge in [0.15, 0.2) is 4.34 Å². The van der Waals surface area contributed by atoms with Crippen molar-refractivity contribution in [3.05, 3.63) is 0 Å². The number of aromatic nitrogens is 2. The summed E-state index contributed by atoms with van der Waals surface area (Å²) in [5.74, 6) is 0.986. The lowest BCUT2D eigenvalue weighted by atomic mass is 10.1. The maximum absolute atomic E-state index is 5.72. The van der Waals surface area contributed by atoms with E-state index in [1.165, 1.54) is 25.7 Å². The normalized spacial score (nSPS) is 26.8. The summed E-state index contributed by atoms with van der Waals surface area (Å²) in [6, 6.07) is 0. The van der Waals surface area contributed by atoms with Crippen LogP contribution in [0.3, 0.4) is 0 Å². The van der Waals surface area contributed by atoms with E-state index in [4.69, 9.17) is 9.47 Å². The van der Waals surface area contributed by atoms with E-state index in [2.05, 4.69) is 15.5 Å². The highest BCUT2D eigenvalue weighted by molar-refractivity contribution is 8.01. The van der Waals surface area contributed by atoms with Crippen molar-refractivity contribution in [1.82, 2.24) is 10.2 Å². The Morgan fingerprint density at radius 3 is 2.75 bits per heavy atom. The Hall–Kier alpha value is -0.370. The van der Waals surface area contributed by atoms with E-state index in [0.717, 1.165) is 41.4 Å². The number of nitrogens with one attached hydrogen (secondary N) is 1. The molecule has 0 amide bonds. The van der Waals surface area contributed by atoms with Gasteiger partial charge < -0.3 is 14.8 Å². The maximum atomic E-state index is 5.72. The molecule has 0 saturated carbocycles. The number of rotatable bonds is 6. The van der Waals surface area contributed by atoms with E-state index in [9.17, 15) is 0 Å². The molecule has 1 aromatic rings. The van der Waals surface area contributed by atoms with Crippen LogP contribution in [0.2, 0.25) is 0 Å². The highest BCUT2D eigenvalue weighted by atomic mass is 32.2. The minimum Gasteiger partial charge on any atom is -0.377 e. The van der Waals surface area contributed by atoms with Crippen LogP contribution >= 0.6 is 23.1 Å². The van der Waals surface area contributed by atoms with Crippen LogP contribution in [0.15, 0.2) is 4.34 Å². The molecule has 2 aliphatic heterocycles. The summed E-state index contributed by atoms with van der Waals surface area (Å²) < 4.78 is 12.3. The average molecular weight is 315 g/mol. The second kappa shape index (κ2) is 7.59. The third kappa shape index (κ3) is 4.31. The lowest BCUT2D eigenvalue weighted by molar-refractivity contribution is 0.0315. The molecule has 20 heavy (non-hydrogen) atoms. The van der Waals surface area contributed by atoms with E-state index >= 15 is 0 Å². The van der Waals surface area contributed by atoms with Crippen molar-refractivity contribution in [3.8, 4) is 0 Å². The van der Waals surface area contributed by atoms with E-state index in [1.54, 1.807) is 23.1 Å². The van der Waals surface area contributed by atoms with Crippen LogP contribution in [0.25, 0.3) is 0 Å². The van der Waals surface area contributed by atoms with Crippen molar-refractivity contribution in [2.45, 2.75) is 48.7 Å². The van der Waals surface area contributed by atoms with Crippen LogP contribution in [0, 0.1) is 0 Å². The van der Waals surface area contributed by atoms with Gasteiger partial charge in [-0.1, -0.05) is 23.1 Å². The minimum absolute atomic E-state index is 0.339. The van der Waals surface area contributed by atoms with Gasteiger partial charge in [0.05, 0.1) is 12.2 Å². The second-order valence-electron chi connectivity index (χ2n) is 5.19. The first-order valence-corrected chi connectivity index (χ1v) is 9.14. The summed E-state index contributed by atoms with van der Waals surface area (Å²) >= 11 is 3.38. The lowest BCUT2D eigenvalue weighted by Crippen LogP contribution is -2.21. The molecule has 2 saturated heterocycles. The molecule has 1 aromatic heterocycles. The zero-order valence-electron chi connectivity index (χ0n) is 11.5. The standard InChI is InChI=1S/C13H21N3O2S2/c1-2-6-18-11(4-1)9-19-13-16-15-12(20-13)14-8-10-5-3-7-17-10/h10-11H,1-9H2,(H,14,15)/t10-,11-/m0/s1. The van der Waals surface area contributed by atoms with Crippen molar-refractivity contribution in [1.29, 1.82) is 0 Å². The average Bonchev–Trinajstić information content (AvgIpc) is 3.16. The molecule has 2 fully saturated rings. The summed E-state index contributed by atoms with van der Waals surface area (Å²) in [5.41, 5.74) is 0. The van der Waals surface area contributed by atoms with Gasteiger partial charge in [-0.15, -0.1) is 10.2 Å². The van der Waals surface area contributed by atoms with Gasteiger partial charge in [0, 0.05) is 25.5 Å². The van der Waals surface area contributed by atoms with Crippen LogP contribution in [0.5, 0.6) is 0 Å². The number of nitrogens with zero attached hydrogens (tertiary/aromatic N) is 2. The first-order chi connectivity index (χ1) is 9.90.